The summed E-state index contributed by atoms with van der Waals surface area (Å²) >= 11 is 0. The Labute approximate surface area is 275 Å². The number of methoxy groups -OCH3 is 1. The third-order valence-electron chi connectivity index (χ3n) is 10.2. The van der Waals surface area contributed by atoms with Crippen molar-refractivity contribution in [2.75, 3.05) is 20.2 Å². The highest BCUT2D eigenvalue weighted by atomic mass is 16.7. The molecule has 4 fully saturated rings. The molecule has 4 aliphatic rings. The van der Waals surface area contributed by atoms with Gasteiger partial charge >= 0.3 is 13.1 Å². The number of rotatable bonds is 19. The monoisotopic (exact) mass is 647 g/mol. The second-order valence-electron chi connectivity index (χ2n) is 14.7. The Bertz CT molecular complexity index is 1100. The first-order valence-electron chi connectivity index (χ1n) is 17.2. The number of esters is 1. The number of carbonyl (C=O) groups is 4. The molecule has 6 atom stereocenters. The highest BCUT2D eigenvalue weighted by molar-refractivity contribution is 6.48. The van der Waals surface area contributed by atoms with Crippen molar-refractivity contribution in [2.24, 2.45) is 33.9 Å². The van der Waals surface area contributed by atoms with Crippen molar-refractivity contribution in [3.05, 3.63) is 0 Å². The van der Waals surface area contributed by atoms with Crippen molar-refractivity contribution in [2.45, 2.75) is 136 Å². The minimum Gasteiger partial charge on any atom is -0.469 e. The van der Waals surface area contributed by atoms with Crippen molar-refractivity contribution < 1.29 is 33.2 Å². The summed E-state index contributed by atoms with van der Waals surface area (Å²) in [5, 5.41) is 9.12. The number of nitrogens with one attached hydrogen (secondary N) is 3. The van der Waals surface area contributed by atoms with Crippen molar-refractivity contribution in [3.8, 4) is 0 Å². The molecule has 5 N–H and O–H groups in total. The smallest absolute Gasteiger partial charge is 0.469 e. The lowest BCUT2D eigenvalue weighted by atomic mass is 9.43. The Kier molecular flexibility index (Phi) is 13.9. The molecule has 1 heterocycles. The van der Waals surface area contributed by atoms with E-state index >= 15 is 0 Å². The normalized spacial score (nSPS) is 26.0. The van der Waals surface area contributed by atoms with Gasteiger partial charge in [-0.05, 0) is 82.0 Å². The molecule has 3 saturated carbocycles. The van der Waals surface area contributed by atoms with E-state index in [1.807, 2.05) is 0 Å². The molecular formula is C33H58BN5O7. The summed E-state index contributed by atoms with van der Waals surface area (Å²) in [5.41, 5.74) is 5.68. The second-order valence-corrected chi connectivity index (χ2v) is 14.7. The Hall–Kier alpha value is -2.67. The average Bonchev–Trinajstić information content (AvgIpc) is 3.35. The summed E-state index contributed by atoms with van der Waals surface area (Å²) in [4.78, 5) is 53.3. The van der Waals surface area contributed by atoms with E-state index < -0.39 is 13.2 Å². The van der Waals surface area contributed by atoms with Gasteiger partial charge in [0.25, 0.3) is 0 Å². The number of aliphatic imine (C=N–C) groups is 1. The lowest BCUT2D eigenvalue weighted by Crippen LogP contribution is -2.65. The number of ether oxygens (including phenoxy) is 1. The van der Waals surface area contributed by atoms with Crippen LogP contribution >= 0.6 is 0 Å². The lowest BCUT2D eigenvalue weighted by Gasteiger charge is -2.64. The fraction of sp³-hybridized carbons (Fsp3) is 0.848. The Balaban J connectivity index is 1.61. The van der Waals surface area contributed by atoms with Crippen LogP contribution in [0.5, 0.6) is 0 Å². The number of Topliss-reactive ketones (excluding diaryl/α,β-unsaturated/α-hetero) is 1. The van der Waals surface area contributed by atoms with Gasteiger partial charge in [-0.2, -0.15) is 0 Å². The predicted octanol–water partition coefficient (Wildman–Crippen LogP) is 3.06. The van der Waals surface area contributed by atoms with E-state index in [0.717, 1.165) is 25.7 Å². The highest BCUT2D eigenvalue weighted by Crippen LogP contribution is 2.65. The number of hydrogen-bond acceptors (Lipinski definition) is 8. The summed E-state index contributed by atoms with van der Waals surface area (Å²) in [6.45, 7) is 12.9. The van der Waals surface area contributed by atoms with E-state index in [-0.39, 0.29) is 71.5 Å². The van der Waals surface area contributed by atoms with Crippen LogP contribution in [0.2, 0.25) is 0 Å². The van der Waals surface area contributed by atoms with Gasteiger partial charge in [0.05, 0.1) is 24.8 Å². The van der Waals surface area contributed by atoms with Crippen molar-refractivity contribution in [1.29, 1.82) is 0 Å². The maximum absolute atomic E-state index is 13.8. The molecular weight excluding hydrogens is 589 g/mol. The van der Waals surface area contributed by atoms with Crippen molar-refractivity contribution in [1.82, 2.24) is 16.0 Å². The summed E-state index contributed by atoms with van der Waals surface area (Å²) in [6, 6.07) is -0.760. The van der Waals surface area contributed by atoms with E-state index in [2.05, 4.69) is 60.3 Å². The third kappa shape index (κ3) is 10.2. The minimum absolute atomic E-state index is 0.00393. The molecule has 260 valence electrons. The summed E-state index contributed by atoms with van der Waals surface area (Å²) < 4.78 is 17.9. The van der Waals surface area contributed by atoms with Gasteiger partial charge in [0.15, 0.2) is 11.7 Å². The largest absolute Gasteiger partial charge is 0.481 e. The molecule has 12 nitrogen and oxygen atoms in total. The van der Waals surface area contributed by atoms with Gasteiger partial charge in [-0.1, -0.05) is 40.5 Å². The van der Waals surface area contributed by atoms with Crippen LogP contribution in [0.25, 0.3) is 0 Å². The summed E-state index contributed by atoms with van der Waals surface area (Å²) in [7, 11) is 0.817. The zero-order chi connectivity index (χ0) is 34.1. The van der Waals surface area contributed by atoms with Crippen LogP contribution < -0.4 is 21.7 Å². The number of hydrogen-bond donors (Lipinski definition) is 4. The van der Waals surface area contributed by atoms with Gasteiger partial charge in [0.2, 0.25) is 11.8 Å². The van der Waals surface area contributed by atoms with Crippen LogP contribution in [-0.4, -0.2) is 80.5 Å². The van der Waals surface area contributed by atoms with Crippen LogP contribution in [0.15, 0.2) is 4.99 Å². The molecule has 1 saturated heterocycles. The molecule has 46 heavy (non-hydrogen) atoms. The average molecular weight is 648 g/mol. The molecule has 0 spiro atoms. The number of ketones is 1. The molecule has 0 aromatic carbocycles. The number of amides is 2. The van der Waals surface area contributed by atoms with E-state index in [0.29, 0.717) is 56.9 Å². The fourth-order valence-electron chi connectivity index (χ4n) is 7.42. The minimum atomic E-state index is -0.760. The van der Waals surface area contributed by atoms with Crippen LogP contribution in [0.1, 0.15) is 112 Å². The van der Waals surface area contributed by atoms with Gasteiger partial charge in [-0.15, -0.1) is 0 Å². The van der Waals surface area contributed by atoms with E-state index in [1.54, 1.807) is 0 Å². The second kappa shape index (κ2) is 16.9. The molecule has 0 unspecified atom stereocenters. The van der Waals surface area contributed by atoms with Gasteiger partial charge < -0.3 is 35.7 Å². The first-order valence-corrected chi connectivity index (χ1v) is 17.2. The molecule has 13 heteroatoms. The fourth-order valence-corrected chi connectivity index (χ4v) is 7.42. The van der Waals surface area contributed by atoms with Gasteiger partial charge in [0, 0.05) is 19.4 Å². The zero-order valence-electron chi connectivity index (χ0n) is 29.1. The SMILES string of the molecule is COC(=O)CCCCCCC(=O)N[C@@H](CCCNC(N)=NCC(C)=O)C(=O)N[C@@H](CC(C)C)B1O[C@@H]2C[C@@H]3C[C@@H](C3(C)C)[C@]2(C)O1. The van der Waals surface area contributed by atoms with Crippen molar-refractivity contribution in [3.63, 3.8) is 0 Å². The van der Waals surface area contributed by atoms with Gasteiger partial charge in [-0.3, -0.25) is 19.2 Å². The highest BCUT2D eigenvalue weighted by Gasteiger charge is 2.68. The number of nitrogens with two attached hydrogens (primary N) is 1. The zero-order valence-corrected chi connectivity index (χ0v) is 29.1. The van der Waals surface area contributed by atoms with Crippen molar-refractivity contribution >= 4 is 36.6 Å². The van der Waals surface area contributed by atoms with Gasteiger partial charge in [-0.25, -0.2) is 4.99 Å². The number of unbranched alkanes of at least 4 members (excludes halogenated alkanes) is 3. The molecule has 0 aromatic heterocycles. The Morgan fingerprint density at radius 2 is 1.72 bits per heavy atom. The molecule has 1 aliphatic heterocycles. The van der Waals surface area contributed by atoms with E-state index in [1.165, 1.54) is 14.0 Å². The van der Waals surface area contributed by atoms with Crippen LogP contribution in [0, 0.1) is 23.2 Å². The lowest BCUT2D eigenvalue weighted by molar-refractivity contribution is -0.199. The number of guanidine groups is 1. The third-order valence-corrected chi connectivity index (χ3v) is 10.2. The van der Waals surface area contributed by atoms with Crippen LogP contribution in [0.3, 0.4) is 0 Å². The van der Waals surface area contributed by atoms with E-state index in [9.17, 15) is 19.2 Å². The van der Waals surface area contributed by atoms with Gasteiger partial charge in [0.1, 0.15) is 12.6 Å². The Morgan fingerprint density at radius 1 is 1.02 bits per heavy atom. The Morgan fingerprint density at radius 3 is 2.35 bits per heavy atom. The maximum Gasteiger partial charge on any atom is 0.481 e. The molecule has 2 amide bonds. The molecule has 4 rings (SSSR count). The first kappa shape index (κ1) is 37.8. The first-order chi connectivity index (χ1) is 21.7. The van der Waals surface area contributed by atoms with E-state index in [4.69, 9.17) is 15.0 Å². The molecule has 3 aliphatic carbocycles. The maximum atomic E-state index is 13.8. The van der Waals surface area contributed by atoms with Crippen LogP contribution in [-0.2, 0) is 33.2 Å². The number of nitrogens with zero attached hydrogens (tertiary/aromatic N) is 1. The predicted molar refractivity (Wildman–Crippen MR) is 178 cm³/mol. The summed E-state index contributed by atoms with van der Waals surface area (Å²) in [6.07, 6.45) is 7.35. The summed E-state index contributed by atoms with van der Waals surface area (Å²) in [5.74, 6) is 0.331. The number of carbonyl (C=O) groups excluding carboxylic acids is 4. The topological polar surface area (TPSA) is 170 Å². The molecule has 2 bridgehead atoms. The van der Waals surface area contributed by atoms with Crippen LogP contribution in [0.4, 0.5) is 0 Å². The standard InChI is InChI=1S/C33H58BN5O7/c1-21(2)17-27(34-45-26-19-23-18-25(32(23,4)5)33(26,6)46-34)39-30(43)24(13-12-16-36-31(35)37-20-22(3)40)38-28(41)14-10-8-9-11-15-29(42)44-7/h21,23-27H,8-20H2,1-7H3,(H,38,41)(H,39,43)(H3,35,36,37)/t23-,24-,25-,26+,27-,33-/m0/s1. The molecule has 0 aromatic rings. The molecule has 0 radical (unpaired) electrons. The quantitative estimate of drug-likeness (QED) is 0.0541.